The van der Waals surface area contributed by atoms with Crippen molar-refractivity contribution in [2.24, 2.45) is 0 Å². The van der Waals surface area contributed by atoms with Gasteiger partial charge in [-0.15, -0.1) is 11.8 Å². The molecule has 2 rings (SSSR count). The maximum atomic E-state index is 13.8. The molecule has 0 aliphatic heterocycles. The molecule has 1 N–H and O–H groups in total. The van der Waals surface area contributed by atoms with Gasteiger partial charge in [0.05, 0.1) is 5.75 Å². The second-order valence-corrected chi connectivity index (χ2v) is 9.01. The lowest BCUT2D eigenvalue weighted by Gasteiger charge is -2.29. The van der Waals surface area contributed by atoms with Gasteiger partial charge in [-0.1, -0.05) is 47.5 Å². The van der Waals surface area contributed by atoms with Gasteiger partial charge in [0.2, 0.25) is 11.8 Å². The van der Waals surface area contributed by atoms with Gasteiger partial charge in [-0.05, 0) is 50.1 Å². The summed E-state index contributed by atoms with van der Waals surface area (Å²) in [6.07, 6.45) is 0. The van der Waals surface area contributed by atoms with Gasteiger partial charge in [-0.25, -0.2) is 4.39 Å². The molecule has 0 spiro atoms. The van der Waals surface area contributed by atoms with Crippen molar-refractivity contribution >= 4 is 46.8 Å². The summed E-state index contributed by atoms with van der Waals surface area (Å²) in [6, 6.07) is 10.8. The van der Waals surface area contributed by atoms with Crippen LogP contribution in [-0.4, -0.2) is 34.6 Å². The van der Waals surface area contributed by atoms with Crippen molar-refractivity contribution in [2.45, 2.75) is 45.2 Å². The average molecular weight is 471 g/mol. The normalized spacial score (nSPS) is 12.0. The Morgan fingerprint density at radius 3 is 2.43 bits per heavy atom. The Bertz CT molecular complexity index is 895. The van der Waals surface area contributed by atoms with E-state index < -0.39 is 6.04 Å². The van der Waals surface area contributed by atoms with Crippen LogP contribution in [0.2, 0.25) is 10.0 Å². The lowest BCUT2D eigenvalue weighted by atomic mass is 10.1. The Hall–Kier alpha value is -1.76. The van der Waals surface area contributed by atoms with Gasteiger partial charge in [0.1, 0.15) is 11.9 Å². The number of amides is 2. The van der Waals surface area contributed by atoms with Gasteiger partial charge in [0.25, 0.3) is 0 Å². The minimum Gasteiger partial charge on any atom is -0.352 e. The molecule has 162 valence electrons. The number of hydrogen-bond donors (Lipinski definition) is 1. The predicted molar refractivity (Wildman–Crippen MR) is 122 cm³/mol. The number of thioether (sulfide) groups is 1. The van der Waals surface area contributed by atoms with Crippen LogP contribution in [0.4, 0.5) is 4.39 Å². The standard InChI is InChI=1S/C22H25Cl2FN2O2S/c1-14(2)26-22(29)15(3)27(11-16-8-9-18(23)10-19(16)24)21(28)13-30-12-17-6-4-5-7-20(17)25/h4-10,14-15H,11-13H2,1-3H3,(H,26,29). The number of nitrogens with one attached hydrogen (secondary N) is 1. The number of halogens is 3. The summed E-state index contributed by atoms with van der Waals surface area (Å²) in [6.45, 7) is 5.57. The van der Waals surface area contributed by atoms with Crippen LogP contribution in [0.5, 0.6) is 0 Å². The van der Waals surface area contributed by atoms with E-state index in [1.165, 1.54) is 22.7 Å². The quantitative estimate of drug-likeness (QED) is 0.540. The molecule has 2 amide bonds. The van der Waals surface area contributed by atoms with E-state index in [1.54, 1.807) is 43.3 Å². The summed E-state index contributed by atoms with van der Waals surface area (Å²) >= 11 is 13.5. The van der Waals surface area contributed by atoms with E-state index in [9.17, 15) is 14.0 Å². The number of carbonyl (C=O) groups excluding carboxylic acids is 2. The van der Waals surface area contributed by atoms with Crippen molar-refractivity contribution in [2.75, 3.05) is 5.75 Å². The van der Waals surface area contributed by atoms with Gasteiger partial charge in [0, 0.05) is 28.4 Å². The fourth-order valence-electron chi connectivity index (χ4n) is 2.77. The van der Waals surface area contributed by atoms with Crippen LogP contribution < -0.4 is 5.32 Å². The van der Waals surface area contributed by atoms with Crippen molar-refractivity contribution in [3.63, 3.8) is 0 Å². The molecular formula is C22H25Cl2FN2O2S. The van der Waals surface area contributed by atoms with E-state index in [0.29, 0.717) is 26.9 Å². The summed E-state index contributed by atoms with van der Waals surface area (Å²) < 4.78 is 13.8. The zero-order chi connectivity index (χ0) is 22.3. The number of carbonyl (C=O) groups is 2. The third kappa shape index (κ3) is 7.18. The zero-order valence-electron chi connectivity index (χ0n) is 17.1. The number of hydrogen-bond acceptors (Lipinski definition) is 3. The van der Waals surface area contributed by atoms with E-state index in [2.05, 4.69) is 5.32 Å². The molecule has 0 radical (unpaired) electrons. The van der Waals surface area contributed by atoms with Crippen LogP contribution in [0, 0.1) is 5.82 Å². The number of benzene rings is 2. The molecule has 0 aliphatic carbocycles. The molecule has 8 heteroatoms. The first-order valence-electron chi connectivity index (χ1n) is 9.54. The molecule has 0 bridgehead atoms. The summed E-state index contributed by atoms with van der Waals surface area (Å²) in [5.41, 5.74) is 1.23. The van der Waals surface area contributed by atoms with E-state index >= 15 is 0 Å². The first kappa shape index (κ1) is 24.5. The molecule has 30 heavy (non-hydrogen) atoms. The maximum absolute atomic E-state index is 13.8. The molecule has 0 aliphatic rings. The van der Waals surface area contributed by atoms with Crippen LogP contribution in [0.1, 0.15) is 31.9 Å². The van der Waals surface area contributed by atoms with Gasteiger partial charge in [-0.2, -0.15) is 0 Å². The summed E-state index contributed by atoms with van der Waals surface area (Å²) in [5.74, 6) is -0.303. The Labute approximate surface area is 191 Å². The van der Waals surface area contributed by atoms with Gasteiger partial charge >= 0.3 is 0 Å². The molecule has 4 nitrogen and oxygen atoms in total. The van der Waals surface area contributed by atoms with E-state index in [4.69, 9.17) is 23.2 Å². The average Bonchev–Trinajstić information content (AvgIpc) is 2.67. The first-order chi connectivity index (χ1) is 14.2. The van der Waals surface area contributed by atoms with Gasteiger partial charge in [0.15, 0.2) is 0 Å². The van der Waals surface area contributed by atoms with Crippen molar-refractivity contribution in [1.82, 2.24) is 10.2 Å². The highest BCUT2D eigenvalue weighted by atomic mass is 35.5. The fourth-order valence-corrected chi connectivity index (χ4v) is 4.13. The molecular weight excluding hydrogens is 446 g/mol. The fraction of sp³-hybridized carbons (Fsp3) is 0.364. The number of nitrogens with zero attached hydrogens (tertiary/aromatic N) is 1. The molecule has 0 saturated heterocycles. The second kappa shape index (κ2) is 11.6. The molecule has 2 aromatic rings. The first-order valence-corrected chi connectivity index (χ1v) is 11.4. The highest BCUT2D eigenvalue weighted by molar-refractivity contribution is 7.99. The Morgan fingerprint density at radius 2 is 1.80 bits per heavy atom. The number of rotatable bonds is 9. The van der Waals surface area contributed by atoms with Crippen LogP contribution >= 0.6 is 35.0 Å². The highest BCUT2D eigenvalue weighted by Gasteiger charge is 2.27. The van der Waals surface area contributed by atoms with E-state index in [-0.39, 0.29) is 36.0 Å². The monoisotopic (exact) mass is 470 g/mol. The SMILES string of the molecule is CC(C)NC(=O)C(C)N(Cc1ccc(Cl)cc1Cl)C(=O)CSCc1ccccc1F. The van der Waals surface area contributed by atoms with Crippen molar-refractivity contribution in [1.29, 1.82) is 0 Å². The molecule has 2 aromatic carbocycles. The summed E-state index contributed by atoms with van der Waals surface area (Å²) in [5, 5.41) is 3.75. The van der Waals surface area contributed by atoms with Crippen LogP contribution in [0.25, 0.3) is 0 Å². The minimum atomic E-state index is -0.694. The van der Waals surface area contributed by atoms with E-state index in [1.807, 2.05) is 13.8 Å². The maximum Gasteiger partial charge on any atom is 0.242 e. The van der Waals surface area contributed by atoms with Gasteiger partial charge < -0.3 is 10.2 Å². The Kier molecular flexibility index (Phi) is 9.46. The minimum absolute atomic E-state index is 0.0496. The largest absolute Gasteiger partial charge is 0.352 e. The molecule has 1 atom stereocenters. The van der Waals surface area contributed by atoms with Crippen LogP contribution in [0.3, 0.4) is 0 Å². The third-order valence-electron chi connectivity index (χ3n) is 4.39. The predicted octanol–water partition coefficient (Wildman–Crippen LogP) is 5.31. The van der Waals surface area contributed by atoms with Gasteiger partial charge in [-0.3, -0.25) is 9.59 Å². The lowest BCUT2D eigenvalue weighted by molar-refractivity contribution is -0.138. The van der Waals surface area contributed by atoms with Crippen molar-refractivity contribution in [3.8, 4) is 0 Å². The lowest BCUT2D eigenvalue weighted by Crippen LogP contribution is -2.49. The van der Waals surface area contributed by atoms with Crippen LogP contribution in [-0.2, 0) is 21.9 Å². The molecule has 0 aromatic heterocycles. The summed E-state index contributed by atoms with van der Waals surface area (Å²) in [4.78, 5) is 27.0. The second-order valence-electron chi connectivity index (χ2n) is 7.18. The molecule has 0 saturated carbocycles. The van der Waals surface area contributed by atoms with Crippen molar-refractivity contribution in [3.05, 3.63) is 69.5 Å². The third-order valence-corrected chi connectivity index (χ3v) is 5.95. The van der Waals surface area contributed by atoms with E-state index in [0.717, 1.165) is 0 Å². The highest BCUT2D eigenvalue weighted by Crippen LogP contribution is 2.24. The molecule has 0 fully saturated rings. The Balaban J connectivity index is 2.13. The summed E-state index contributed by atoms with van der Waals surface area (Å²) in [7, 11) is 0. The van der Waals surface area contributed by atoms with Crippen LogP contribution in [0.15, 0.2) is 42.5 Å². The topological polar surface area (TPSA) is 49.4 Å². The smallest absolute Gasteiger partial charge is 0.242 e. The van der Waals surface area contributed by atoms with Crippen molar-refractivity contribution < 1.29 is 14.0 Å². The molecule has 1 unspecified atom stereocenters. The molecule has 0 heterocycles. The Morgan fingerprint density at radius 1 is 1.10 bits per heavy atom. The zero-order valence-corrected chi connectivity index (χ0v) is 19.5.